The first-order chi connectivity index (χ1) is 9.66. The van der Waals surface area contributed by atoms with E-state index in [9.17, 15) is 4.79 Å². The SMILES string of the molecule is CC(CO)CNC(=O)C1(Sc2ccccc2)CCCC1. The summed E-state index contributed by atoms with van der Waals surface area (Å²) in [6, 6.07) is 10.1. The smallest absolute Gasteiger partial charge is 0.236 e. The zero-order valence-electron chi connectivity index (χ0n) is 12.0. The topological polar surface area (TPSA) is 49.3 Å². The van der Waals surface area contributed by atoms with E-state index in [0.29, 0.717) is 6.54 Å². The molecule has 1 fully saturated rings. The minimum Gasteiger partial charge on any atom is -0.396 e. The molecule has 1 unspecified atom stereocenters. The monoisotopic (exact) mass is 293 g/mol. The Labute approximate surface area is 125 Å². The van der Waals surface area contributed by atoms with Crippen LogP contribution in [0.2, 0.25) is 0 Å². The molecule has 0 aliphatic heterocycles. The van der Waals surface area contributed by atoms with E-state index in [2.05, 4.69) is 17.4 Å². The standard InChI is InChI=1S/C16H23NO2S/c1-13(12-18)11-17-15(19)16(9-5-6-10-16)20-14-7-3-2-4-8-14/h2-4,7-8,13,18H,5-6,9-12H2,1H3,(H,17,19). The van der Waals surface area contributed by atoms with Gasteiger partial charge < -0.3 is 10.4 Å². The number of carbonyl (C=O) groups excluding carboxylic acids is 1. The van der Waals surface area contributed by atoms with E-state index >= 15 is 0 Å². The second-order valence-corrected chi connectivity index (χ2v) is 7.07. The Morgan fingerprint density at radius 2 is 2.00 bits per heavy atom. The molecule has 2 N–H and O–H groups in total. The van der Waals surface area contributed by atoms with Crippen molar-refractivity contribution in [3.63, 3.8) is 0 Å². The van der Waals surface area contributed by atoms with E-state index in [0.717, 1.165) is 30.6 Å². The summed E-state index contributed by atoms with van der Waals surface area (Å²) in [5.41, 5.74) is 0. The highest BCUT2D eigenvalue weighted by atomic mass is 32.2. The molecule has 0 radical (unpaired) electrons. The molecule has 3 nitrogen and oxygen atoms in total. The summed E-state index contributed by atoms with van der Waals surface area (Å²) in [6.07, 6.45) is 4.10. The van der Waals surface area contributed by atoms with Gasteiger partial charge in [0.1, 0.15) is 0 Å². The second-order valence-electron chi connectivity index (χ2n) is 5.61. The Balaban J connectivity index is 2.03. The first-order valence-electron chi connectivity index (χ1n) is 7.29. The van der Waals surface area contributed by atoms with Crippen LogP contribution >= 0.6 is 11.8 Å². The Bertz CT molecular complexity index is 429. The van der Waals surface area contributed by atoms with Crippen LogP contribution in [0, 0.1) is 5.92 Å². The Hall–Kier alpha value is -1.00. The Kier molecular flexibility index (Phi) is 5.49. The van der Waals surface area contributed by atoms with E-state index < -0.39 is 0 Å². The maximum Gasteiger partial charge on any atom is 0.236 e. The number of hydrogen-bond acceptors (Lipinski definition) is 3. The third-order valence-electron chi connectivity index (χ3n) is 3.80. The summed E-state index contributed by atoms with van der Waals surface area (Å²) in [4.78, 5) is 13.7. The Morgan fingerprint density at radius 3 is 2.60 bits per heavy atom. The zero-order valence-corrected chi connectivity index (χ0v) is 12.8. The first-order valence-corrected chi connectivity index (χ1v) is 8.11. The molecule has 1 saturated carbocycles. The molecule has 0 saturated heterocycles. The fraction of sp³-hybridized carbons (Fsp3) is 0.562. The minimum absolute atomic E-state index is 0.110. The lowest BCUT2D eigenvalue weighted by Crippen LogP contribution is -2.44. The van der Waals surface area contributed by atoms with E-state index in [1.165, 1.54) is 0 Å². The highest BCUT2D eigenvalue weighted by molar-refractivity contribution is 8.01. The van der Waals surface area contributed by atoms with Crippen LogP contribution in [-0.2, 0) is 4.79 Å². The van der Waals surface area contributed by atoms with Crippen molar-refractivity contribution in [2.75, 3.05) is 13.2 Å². The van der Waals surface area contributed by atoms with Crippen LogP contribution in [0.3, 0.4) is 0 Å². The highest BCUT2D eigenvalue weighted by Gasteiger charge is 2.42. The number of rotatable bonds is 6. The van der Waals surface area contributed by atoms with Gasteiger partial charge in [-0.1, -0.05) is 38.0 Å². The number of amides is 1. The first kappa shape index (κ1) is 15.4. The van der Waals surface area contributed by atoms with E-state index in [-0.39, 0.29) is 23.2 Å². The zero-order chi connectivity index (χ0) is 14.4. The van der Waals surface area contributed by atoms with Gasteiger partial charge in [0, 0.05) is 18.0 Å². The van der Waals surface area contributed by atoms with Crippen LogP contribution in [0.25, 0.3) is 0 Å². The van der Waals surface area contributed by atoms with Gasteiger partial charge in [-0.2, -0.15) is 0 Å². The van der Waals surface area contributed by atoms with Gasteiger partial charge in [0.05, 0.1) is 4.75 Å². The van der Waals surface area contributed by atoms with Crippen LogP contribution in [0.15, 0.2) is 35.2 Å². The van der Waals surface area contributed by atoms with Crippen molar-refractivity contribution in [3.05, 3.63) is 30.3 Å². The molecule has 1 aliphatic rings. The predicted molar refractivity (Wildman–Crippen MR) is 82.8 cm³/mol. The van der Waals surface area contributed by atoms with Crippen molar-refractivity contribution in [3.8, 4) is 0 Å². The molecule has 4 heteroatoms. The van der Waals surface area contributed by atoms with E-state index in [1.54, 1.807) is 11.8 Å². The van der Waals surface area contributed by atoms with Gasteiger partial charge in [-0.25, -0.2) is 0 Å². The van der Waals surface area contributed by atoms with Gasteiger partial charge in [0.25, 0.3) is 0 Å². The number of carbonyl (C=O) groups is 1. The van der Waals surface area contributed by atoms with Crippen LogP contribution in [0.4, 0.5) is 0 Å². The quantitative estimate of drug-likeness (QED) is 0.848. The van der Waals surface area contributed by atoms with Crippen molar-refractivity contribution < 1.29 is 9.90 Å². The van der Waals surface area contributed by atoms with Crippen molar-refractivity contribution >= 4 is 17.7 Å². The van der Waals surface area contributed by atoms with E-state index in [4.69, 9.17) is 5.11 Å². The molecule has 1 atom stereocenters. The summed E-state index contributed by atoms with van der Waals surface area (Å²) in [5.74, 6) is 0.239. The van der Waals surface area contributed by atoms with Crippen LogP contribution in [0.1, 0.15) is 32.6 Å². The third kappa shape index (κ3) is 3.76. The molecule has 0 bridgehead atoms. The van der Waals surface area contributed by atoms with Crippen LogP contribution < -0.4 is 5.32 Å². The molecular weight excluding hydrogens is 270 g/mol. The summed E-state index contributed by atoms with van der Waals surface area (Å²) in [7, 11) is 0. The summed E-state index contributed by atoms with van der Waals surface area (Å²) in [5, 5.41) is 12.1. The fourth-order valence-electron chi connectivity index (χ4n) is 2.53. The van der Waals surface area contributed by atoms with Crippen LogP contribution in [0.5, 0.6) is 0 Å². The molecule has 0 heterocycles. The Morgan fingerprint density at radius 1 is 1.35 bits per heavy atom. The van der Waals surface area contributed by atoms with E-state index in [1.807, 2.05) is 25.1 Å². The molecule has 1 amide bonds. The van der Waals surface area contributed by atoms with Gasteiger partial charge in [-0.15, -0.1) is 11.8 Å². The fourth-order valence-corrected chi connectivity index (χ4v) is 3.93. The third-order valence-corrected chi connectivity index (χ3v) is 5.30. The number of aliphatic hydroxyl groups is 1. The maximum atomic E-state index is 12.6. The average molecular weight is 293 g/mol. The average Bonchev–Trinajstić information content (AvgIpc) is 2.95. The molecular formula is C16H23NO2S. The van der Waals surface area contributed by atoms with Gasteiger partial charge in [0.15, 0.2) is 0 Å². The molecule has 1 aromatic carbocycles. The molecule has 0 spiro atoms. The second kappa shape index (κ2) is 7.14. The lowest BCUT2D eigenvalue weighted by atomic mass is 10.1. The highest BCUT2D eigenvalue weighted by Crippen LogP contribution is 2.45. The molecule has 20 heavy (non-hydrogen) atoms. The van der Waals surface area contributed by atoms with Crippen molar-refractivity contribution in [1.82, 2.24) is 5.32 Å². The lowest BCUT2D eigenvalue weighted by molar-refractivity contribution is -0.123. The lowest BCUT2D eigenvalue weighted by Gasteiger charge is -2.27. The van der Waals surface area contributed by atoms with Gasteiger partial charge in [-0.3, -0.25) is 4.79 Å². The molecule has 2 rings (SSSR count). The summed E-state index contributed by atoms with van der Waals surface area (Å²) < 4.78 is -0.323. The molecule has 1 aromatic rings. The van der Waals surface area contributed by atoms with Crippen molar-refractivity contribution in [1.29, 1.82) is 0 Å². The largest absolute Gasteiger partial charge is 0.396 e. The van der Waals surface area contributed by atoms with Gasteiger partial charge in [-0.05, 0) is 30.9 Å². The summed E-state index contributed by atoms with van der Waals surface area (Å²) >= 11 is 1.69. The number of hydrogen-bond donors (Lipinski definition) is 2. The van der Waals surface area contributed by atoms with Gasteiger partial charge in [0.2, 0.25) is 5.91 Å². The number of aliphatic hydroxyl groups excluding tert-OH is 1. The molecule has 110 valence electrons. The predicted octanol–water partition coefficient (Wildman–Crippen LogP) is 2.84. The van der Waals surface area contributed by atoms with Crippen molar-refractivity contribution in [2.24, 2.45) is 5.92 Å². The van der Waals surface area contributed by atoms with Gasteiger partial charge >= 0.3 is 0 Å². The normalized spacial score (nSPS) is 18.7. The molecule has 1 aliphatic carbocycles. The maximum absolute atomic E-state index is 12.6. The van der Waals surface area contributed by atoms with Crippen molar-refractivity contribution in [2.45, 2.75) is 42.2 Å². The number of nitrogens with one attached hydrogen (secondary N) is 1. The van der Waals surface area contributed by atoms with Crippen LogP contribution in [-0.4, -0.2) is 28.9 Å². The minimum atomic E-state index is -0.323. The summed E-state index contributed by atoms with van der Waals surface area (Å²) in [6.45, 7) is 2.59. The molecule has 0 aromatic heterocycles. The number of thioether (sulfide) groups is 1. The number of benzene rings is 1.